The Morgan fingerprint density at radius 1 is 1.27 bits per heavy atom. The van der Waals surface area contributed by atoms with Crippen molar-refractivity contribution in [3.8, 4) is 0 Å². The van der Waals surface area contributed by atoms with E-state index in [-0.39, 0.29) is 11.5 Å². The number of hydrogen-bond donors (Lipinski definition) is 1. The third-order valence-corrected chi connectivity index (χ3v) is 2.00. The van der Waals surface area contributed by atoms with E-state index in [2.05, 4.69) is 0 Å². The molecule has 11 heavy (non-hydrogen) atoms. The van der Waals surface area contributed by atoms with Crippen LogP contribution in [0.15, 0.2) is 0 Å². The van der Waals surface area contributed by atoms with Gasteiger partial charge in [0.25, 0.3) is 0 Å². The van der Waals surface area contributed by atoms with Crippen molar-refractivity contribution >= 4 is 5.78 Å². The highest BCUT2D eigenvalue weighted by molar-refractivity contribution is 5.87. The molecule has 0 spiro atoms. The smallest absolute Gasteiger partial charge is 0.194 e. The van der Waals surface area contributed by atoms with Gasteiger partial charge in [-0.3, -0.25) is 4.79 Å². The molecule has 1 atom stereocenters. The summed E-state index contributed by atoms with van der Waals surface area (Å²) in [5, 5.41) is 0. The van der Waals surface area contributed by atoms with Crippen molar-refractivity contribution in [3.63, 3.8) is 0 Å². The van der Waals surface area contributed by atoms with Gasteiger partial charge in [-0.05, 0) is 6.92 Å². The molecule has 0 aliphatic heterocycles. The summed E-state index contributed by atoms with van der Waals surface area (Å²) in [5.74, 6) is 0.331. The Hall–Kier alpha value is -0.370. The fourth-order valence-electron chi connectivity index (χ4n) is 0.912. The molecule has 0 aliphatic rings. The predicted molar refractivity (Wildman–Crippen MR) is 46.7 cm³/mol. The molecule has 0 aliphatic carbocycles. The summed E-state index contributed by atoms with van der Waals surface area (Å²) in [6, 6.07) is 0.106. The van der Waals surface area contributed by atoms with E-state index in [1.807, 2.05) is 41.8 Å². The summed E-state index contributed by atoms with van der Waals surface area (Å²) < 4.78 is 0. The molecule has 1 unspecified atom stereocenters. The molecule has 0 saturated heterocycles. The number of quaternary nitrogens is 1. The van der Waals surface area contributed by atoms with Crippen LogP contribution < -0.4 is 4.90 Å². The SMILES string of the molecule is CC(C(=O)C(C)(C)C)[NH+](C)C. The zero-order valence-electron chi connectivity index (χ0n) is 8.49. The van der Waals surface area contributed by atoms with Crippen LogP contribution in [0.1, 0.15) is 27.7 Å². The van der Waals surface area contributed by atoms with Crippen molar-refractivity contribution in [3.05, 3.63) is 0 Å². The van der Waals surface area contributed by atoms with Gasteiger partial charge >= 0.3 is 0 Å². The fraction of sp³-hybridized carbons (Fsp3) is 0.889. The molecule has 0 radical (unpaired) electrons. The molecule has 0 rings (SSSR count). The van der Waals surface area contributed by atoms with E-state index < -0.39 is 0 Å². The third-order valence-electron chi connectivity index (χ3n) is 2.00. The Morgan fingerprint density at radius 3 is 1.73 bits per heavy atom. The summed E-state index contributed by atoms with van der Waals surface area (Å²) in [6.45, 7) is 7.88. The Kier molecular flexibility index (Phi) is 3.24. The minimum Gasteiger partial charge on any atom is -0.331 e. The van der Waals surface area contributed by atoms with Crippen LogP contribution in [0.3, 0.4) is 0 Å². The van der Waals surface area contributed by atoms with E-state index in [0.29, 0.717) is 5.78 Å². The lowest BCUT2D eigenvalue weighted by Crippen LogP contribution is -3.11. The molecule has 1 N–H and O–H groups in total. The van der Waals surface area contributed by atoms with Gasteiger partial charge in [0.1, 0.15) is 6.04 Å². The molecule has 0 bridgehead atoms. The van der Waals surface area contributed by atoms with Crippen molar-refractivity contribution in [1.82, 2.24) is 0 Å². The van der Waals surface area contributed by atoms with E-state index in [9.17, 15) is 4.79 Å². The molecule has 0 amide bonds. The van der Waals surface area contributed by atoms with Crippen LogP contribution in [0.4, 0.5) is 0 Å². The summed E-state index contributed by atoms with van der Waals surface area (Å²) in [4.78, 5) is 12.8. The molecule has 0 aromatic rings. The zero-order valence-corrected chi connectivity index (χ0v) is 8.49. The number of hydrogen-bond acceptors (Lipinski definition) is 1. The van der Waals surface area contributed by atoms with Gasteiger partial charge in [-0.1, -0.05) is 20.8 Å². The molecule has 0 aromatic carbocycles. The lowest BCUT2D eigenvalue weighted by atomic mass is 9.87. The maximum atomic E-state index is 11.6. The van der Waals surface area contributed by atoms with Crippen molar-refractivity contribution in [2.24, 2.45) is 5.41 Å². The van der Waals surface area contributed by atoms with Gasteiger partial charge in [-0.25, -0.2) is 0 Å². The molecule has 2 nitrogen and oxygen atoms in total. The van der Waals surface area contributed by atoms with E-state index >= 15 is 0 Å². The van der Waals surface area contributed by atoms with E-state index in [1.54, 1.807) is 0 Å². The van der Waals surface area contributed by atoms with Gasteiger partial charge in [-0.15, -0.1) is 0 Å². The highest BCUT2D eigenvalue weighted by Crippen LogP contribution is 2.15. The molecular formula is C9H20NO+. The summed E-state index contributed by atoms with van der Waals surface area (Å²) in [7, 11) is 4.02. The van der Waals surface area contributed by atoms with Crippen LogP contribution in [-0.2, 0) is 4.79 Å². The van der Waals surface area contributed by atoms with Crippen molar-refractivity contribution in [2.45, 2.75) is 33.7 Å². The first-order chi connectivity index (χ1) is 4.76. The number of ketones is 1. The Labute approximate surface area is 69.6 Å². The van der Waals surface area contributed by atoms with Gasteiger partial charge in [-0.2, -0.15) is 0 Å². The summed E-state index contributed by atoms with van der Waals surface area (Å²) >= 11 is 0. The molecule has 0 saturated carbocycles. The van der Waals surface area contributed by atoms with E-state index in [0.717, 1.165) is 0 Å². The number of likely N-dealkylation sites (N-methyl/N-ethyl adjacent to an activating group) is 1. The van der Waals surface area contributed by atoms with Gasteiger partial charge < -0.3 is 4.90 Å². The molecule has 0 aromatic heterocycles. The molecule has 66 valence electrons. The quantitative estimate of drug-likeness (QED) is 0.606. The first-order valence-corrected chi connectivity index (χ1v) is 4.11. The van der Waals surface area contributed by atoms with Crippen LogP contribution in [0.25, 0.3) is 0 Å². The van der Waals surface area contributed by atoms with Crippen LogP contribution in [0.5, 0.6) is 0 Å². The van der Waals surface area contributed by atoms with Crippen LogP contribution >= 0.6 is 0 Å². The number of carbonyl (C=O) groups is 1. The summed E-state index contributed by atoms with van der Waals surface area (Å²) in [5.41, 5.74) is -0.198. The molecular weight excluding hydrogens is 138 g/mol. The Balaban J connectivity index is 4.26. The maximum absolute atomic E-state index is 11.6. The monoisotopic (exact) mass is 158 g/mol. The standard InChI is InChI=1S/C9H19NO/c1-7(10(5)6)8(11)9(2,3)4/h7H,1-6H3/p+1. The van der Waals surface area contributed by atoms with E-state index in [1.165, 1.54) is 4.90 Å². The Morgan fingerprint density at radius 2 is 1.64 bits per heavy atom. The first-order valence-electron chi connectivity index (χ1n) is 4.11. The lowest BCUT2D eigenvalue weighted by molar-refractivity contribution is -0.873. The largest absolute Gasteiger partial charge is 0.331 e. The number of Topliss-reactive ketones (excluding diaryl/α,β-unsaturated/α-hetero) is 1. The predicted octanol–water partition coefficient (Wildman–Crippen LogP) is 0.135. The maximum Gasteiger partial charge on any atom is 0.194 e. The summed E-state index contributed by atoms with van der Waals surface area (Å²) in [6.07, 6.45) is 0. The van der Waals surface area contributed by atoms with Gasteiger partial charge in [0.15, 0.2) is 5.78 Å². The van der Waals surface area contributed by atoms with E-state index in [4.69, 9.17) is 0 Å². The average Bonchev–Trinajstić information content (AvgIpc) is 1.82. The number of nitrogens with one attached hydrogen (secondary N) is 1. The number of rotatable bonds is 2. The molecule has 0 fully saturated rings. The highest BCUT2D eigenvalue weighted by Gasteiger charge is 2.30. The van der Waals surface area contributed by atoms with Crippen molar-refractivity contribution in [2.75, 3.05) is 14.1 Å². The third kappa shape index (κ3) is 3.02. The zero-order chi connectivity index (χ0) is 9.23. The van der Waals surface area contributed by atoms with Crippen LogP contribution in [0, 0.1) is 5.41 Å². The normalized spacial score (nSPS) is 15.2. The topological polar surface area (TPSA) is 21.5 Å². The fourth-order valence-corrected chi connectivity index (χ4v) is 0.912. The first kappa shape index (κ1) is 10.6. The Bertz CT molecular complexity index is 144. The second-order valence-electron chi connectivity index (χ2n) is 4.41. The van der Waals surface area contributed by atoms with Crippen molar-refractivity contribution in [1.29, 1.82) is 0 Å². The van der Waals surface area contributed by atoms with Gasteiger partial charge in [0, 0.05) is 5.41 Å². The minimum atomic E-state index is -0.198. The lowest BCUT2D eigenvalue weighted by Gasteiger charge is -2.23. The average molecular weight is 158 g/mol. The minimum absolute atomic E-state index is 0.106. The van der Waals surface area contributed by atoms with Crippen molar-refractivity contribution < 1.29 is 9.69 Å². The molecule has 2 heteroatoms. The highest BCUT2D eigenvalue weighted by atomic mass is 16.1. The number of carbonyl (C=O) groups excluding carboxylic acids is 1. The van der Waals surface area contributed by atoms with Gasteiger partial charge in [0.2, 0.25) is 0 Å². The molecule has 0 heterocycles. The van der Waals surface area contributed by atoms with Crippen LogP contribution in [0.2, 0.25) is 0 Å². The van der Waals surface area contributed by atoms with Crippen LogP contribution in [-0.4, -0.2) is 25.9 Å². The second kappa shape index (κ2) is 3.35. The second-order valence-corrected chi connectivity index (χ2v) is 4.41. The van der Waals surface area contributed by atoms with Gasteiger partial charge in [0.05, 0.1) is 14.1 Å².